The highest BCUT2D eigenvalue weighted by atomic mass is 16.2. The van der Waals surface area contributed by atoms with Crippen LogP contribution in [0.25, 0.3) is 0 Å². The van der Waals surface area contributed by atoms with Crippen LogP contribution in [0.15, 0.2) is 60.7 Å². The van der Waals surface area contributed by atoms with Crippen LogP contribution < -0.4 is 5.32 Å². The Morgan fingerprint density at radius 3 is 2.00 bits per heavy atom. The zero-order chi connectivity index (χ0) is 12.4. The minimum absolute atomic E-state index is 0.0615. The number of rotatable bonds is 2. The van der Waals surface area contributed by atoms with Gasteiger partial charge < -0.3 is 5.32 Å². The fourth-order valence-electron chi connectivity index (χ4n) is 2.68. The molecular weight excluding hydrogens is 222 g/mol. The highest BCUT2D eigenvalue weighted by Gasteiger charge is 2.36. The third-order valence-corrected chi connectivity index (χ3v) is 3.57. The molecule has 1 heterocycles. The van der Waals surface area contributed by atoms with E-state index in [0.29, 0.717) is 0 Å². The van der Waals surface area contributed by atoms with Gasteiger partial charge in [-0.2, -0.15) is 0 Å². The molecular formula is C16H15NO. The first-order chi connectivity index (χ1) is 8.86. The molecule has 2 aromatic rings. The Balaban J connectivity index is 1.98. The summed E-state index contributed by atoms with van der Waals surface area (Å²) in [5, 5.41) is 2.98. The first-order valence-electron chi connectivity index (χ1n) is 6.24. The van der Waals surface area contributed by atoms with Crippen molar-refractivity contribution in [2.75, 3.05) is 6.54 Å². The molecule has 0 bridgehead atoms. The SMILES string of the molecule is O=C1NCC(c2ccccc2)C1c1ccccc1. The molecule has 1 amide bonds. The van der Waals surface area contributed by atoms with Gasteiger partial charge in [0.05, 0.1) is 5.92 Å². The lowest BCUT2D eigenvalue weighted by Crippen LogP contribution is -2.18. The maximum absolute atomic E-state index is 12.0. The summed E-state index contributed by atoms with van der Waals surface area (Å²) >= 11 is 0. The molecule has 0 spiro atoms. The smallest absolute Gasteiger partial charge is 0.228 e. The van der Waals surface area contributed by atoms with Crippen LogP contribution in [0.3, 0.4) is 0 Å². The first-order valence-corrected chi connectivity index (χ1v) is 6.24. The predicted octanol–water partition coefficient (Wildman–Crippen LogP) is 2.68. The van der Waals surface area contributed by atoms with E-state index in [1.807, 2.05) is 48.5 Å². The van der Waals surface area contributed by atoms with E-state index >= 15 is 0 Å². The largest absolute Gasteiger partial charge is 0.355 e. The average molecular weight is 237 g/mol. The maximum Gasteiger partial charge on any atom is 0.228 e. The normalized spacial score (nSPS) is 22.8. The maximum atomic E-state index is 12.0. The zero-order valence-electron chi connectivity index (χ0n) is 10.0. The number of carbonyl (C=O) groups excluding carboxylic acids is 1. The van der Waals surface area contributed by atoms with Gasteiger partial charge >= 0.3 is 0 Å². The number of hydrogen-bond acceptors (Lipinski definition) is 1. The summed E-state index contributed by atoms with van der Waals surface area (Å²) in [5.41, 5.74) is 2.33. The van der Waals surface area contributed by atoms with Crippen molar-refractivity contribution in [3.05, 3.63) is 71.8 Å². The third kappa shape index (κ3) is 1.90. The van der Waals surface area contributed by atoms with E-state index in [-0.39, 0.29) is 17.7 Å². The average Bonchev–Trinajstić information content (AvgIpc) is 2.83. The summed E-state index contributed by atoms with van der Waals surface area (Å²) in [6.45, 7) is 0.725. The zero-order valence-corrected chi connectivity index (χ0v) is 10.0. The second-order valence-electron chi connectivity index (χ2n) is 4.65. The van der Waals surface area contributed by atoms with Gasteiger partial charge in [0.1, 0.15) is 0 Å². The molecule has 18 heavy (non-hydrogen) atoms. The summed E-state index contributed by atoms with van der Waals surface area (Å²) in [6.07, 6.45) is 0. The molecule has 1 saturated heterocycles. The van der Waals surface area contributed by atoms with E-state index < -0.39 is 0 Å². The standard InChI is InChI=1S/C16H15NO/c18-16-15(13-9-5-2-6-10-13)14(11-17-16)12-7-3-1-4-8-12/h1-10,14-15H,11H2,(H,17,18). The van der Waals surface area contributed by atoms with E-state index in [1.54, 1.807) is 0 Å². The number of nitrogens with one attached hydrogen (secondary N) is 1. The lowest BCUT2D eigenvalue weighted by Gasteiger charge is -2.17. The van der Waals surface area contributed by atoms with Crippen molar-refractivity contribution in [3.63, 3.8) is 0 Å². The lowest BCUT2D eigenvalue weighted by atomic mass is 9.84. The number of carbonyl (C=O) groups is 1. The van der Waals surface area contributed by atoms with Crippen LogP contribution in [0.2, 0.25) is 0 Å². The van der Waals surface area contributed by atoms with Crippen LogP contribution in [0, 0.1) is 0 Å². The Bertz CT molecular complexity index is 536. The van der Waals surface area contributed by atoms with Gasteiger partial charge in [0.25, 0.3) is 0 Å². The molecule has 0 aliphatic carbocycles. The molecule has 2 heteroatoms. The summed E-state index contributed by atoms with van der Waals surface area (Å²) in [7, 11) is 0. The number of hydrogen-bond donors (Lipinski definition) is 1. The summed E-state index contributed by atoms with van der Waals surface area (Å²) in [4.78, 5) is 12.0. The highest BCUT2D eigenvalue weighted by molar-refractivity contribution is 5.87. The lowest BCUT2D eigenvalue weighted by molar-refractivity contribution is -0.120. The van der Waals surface area contributed by atoms with Crippen LogP contribution in [-0.2, 0) is 4.79 Å². The van der Waals surface area contributed by atoms with E-state index in [0.717, 1.165) is 12.1 Å². The van der Waals surface area contributed by atoms with Gasteiger partial charge in [-0.1, -0.05) is 60.7 Å². The van der Waals surface area contributed by atoms with Crippen molar-refractivity contribution >= 4 is 5.91 Å². The number of benzene rings is 2. The first kappa shape index (κ1) is 11.0. The van der Waals surface area contributed by atoms with Crippen molar-refractivity contribution in [1.82, 2.24) is 5.32 Å². The molecule has 1 aliphatic heterocycles. The Kier molecular flexibility index (Phi) is 2.85. The van der Waals surface area contributed by atoms with Gasteiger partial charge in [-0.3, -0.25) is 4.79 Å². The molecule has 1 N–H and O–H groups in total. The van der Waals surface area contributed by atoms with Crippen molar-refractivity contribution < 1.29 is 4.79 Å². The van der Waals surface area contributed by atoms with Gasteiger partial charge in [-0.15, -0.1) is 0 Å². The Morgan fingerprint density at radius 2 is 1.39 bits per heavy atom. The second-order valence-corrected chi connectivity index (χ2v) is 4.65. The molecule has 0 radical (unpaired) electrons. The molecule has 3 rings (SSSR count). The van der Waals surface area contributed by atoms with Crippen molar-refractivity contribution in [3.8, 4) is 0 Å². The Labute approximate surface area is 107 Å². The molecule has 90 valence electrons. The molecule has 1 fully saturated rings. The molecule has 0 saturated carbocycles. The molecule has 2 unspecified atom stereocenters. The van der Waals surface area contributed by atoms with Gasteiger partial charge in [-0.25, -0.2) is 0 Å². The summed E-state index contributed by atoms with van der Waals surface area (Å²) in [5.74, 6) is 0.310. The predicted molar refractivity (Wildman–Crippen MR) is 71.4 cm³/mol. The molecule has 2 nitrogen and oxygen atoms in total. The van der Waals surface area contributed by atoms with Crippen molar-refractivity contribution in [2.45, 2.75) is 11.8 Å². The van der Waals surface area contributed by atoms with Gasteiger partial charge in [0.15, 0.2) is 0 Å². The van der Waals surface area contributed by atoms with Crippen LogP contribution in [0.5, 0.6) is 0 Å². The minimum Gasteiger partial charge on any atom is -0.355 e. The van der Waals surface area contributed by atoms with E-state index in [1.165, 1.54) is 5.56 Å². The van der Waals surface area contributed by atoms with Gasteiger partial charge in [0.2, 0.25) is 5.91 Å². The van der Waals surface area contributed by atoms with Crippen LogP contribution in [-0.4, -0.2) is 12.5 Å². The van der Waals surface area contributed by atoms with Crippen LogP contribution in [0.1, 0.15) is 23.0 Å². The van der Waals surface area contributed by atoms with Crippen LogP contribution >= 0.6 is 0 Å². The fraction of sp³-hybridized carbons (Fsp3) is 0.188. The molecule has 0 aromatic heterocycles. The monoisotopic (exact) mass is 237 g/mol. The van der Waals surface area contributed by atoms with Gasteiger partial charge in [0, 0.05) is 12.5 Å². The minimum atomic E-state index is -0.0615. The topological polar surface area (TPSA) is 29.1 Å². The molecule has 2 aromatic carbocycles. The van der Waals surface area contributed by atoms with E-state index in [2.05, 4.69) is 17.4 Å². The quantitative estimate of drug-likeness (QED) is 0.854. The van der Waals surface area contributed by atoms with Gasteiger partial charge in [-0.05, 0) is 11.1 Å². The van der Waals surface area contributed by atoms with E-state index in [9.17, 15) is 4.79 Å². The summed E-state index contributed by atoms with van der Waals surface area (Å²) in [6, 6.07) is 20.3. The second kappa shape index (κ2) is 4.65. The van der Waals surface area contributed by atoms with E-state index in [4.69, 9.17) is 0 Å². The van der Waals surface area contributed by atoms with Crippen molar-refractivity contribution in [2.24, 2.45) is 0 Å². The Morgan fingerprint density at radius 1 is 0.833 bits per heavy atom. The van der Waals surface area contributed by atoms with Crippen LogP contribution in [0.4, 0.5) is 0 Å². The Hall–Kier alpha value is -2.09. The molecule has 2 atom stereocenters. The summed E-state index contributed by atoms with van der Waals surface area (Å²) < 4.78 is 0. The fourth-order valence-corrected chi connectivity index (χ4v) is 2.68. The highest BCUT2D eigenvalue weighted by Crippen LogP contribution is 2.36. The molecule has 1 aliphatic rings. The third-order valence-electron chi connectivity index (χ3n) is 3.57. The van der Waals surface area contributed by atoms with Crippen molar-refractivity contribution in [1.29, 1.82) is 0 Å². The number of amides is 1.